The third-order valence-corrected chi connectivity index (χ3v) is 3.07. The molecule has 2 rings (SSSR count). The summed E-state index contributed by atoms with van der Waals surface area (Å²) in [5.74, 6) is -6.01. The first-order chi connectivity index (χ1) is 9.85. The molecule has 0 bridgehead atoms. The summed E-state index contributed by atoms with van der Waals surface area (Å²) in [6, 6.07) is 0.402. The Hall–Kier alpha value is -2.29. The highest BCUT2D eigenvalue weighted by molar-refractivity contribution is 5.94. The molecule has 1 unspecified atom stereocenters. The van der Waals surface area contributed by atoms with Crippen LogP contribution in [-0.2, 0) is 9.53 Å². The summed E-state index contributed by atoms with van der Waals surface area (Å²) in [7, 11) is 0. The number of carbonyl (C=O) groups excluding carboxylic acids is 1. The molecule has 114 valence electrons. The smallest absolute Gasteiger partial charge is 0.332 e. The van der Waals surface area contributed by atoms with Crippen molar-refractivity contribution in [2.24, 2.45) is 0 Å². The van der Waals surface area contributed by atoms with E-state index in [9.17, 15) is 22.8 Å². The van der Waals surface area contributed by atoms with Gasteiger partial charge in [0.1, 0.15) is 0 Å². The maximum Gasteiger partial charge on any atom is 0.332 e. The van der Waals surface area contributed by atoms with Crippen molar-refractivity contribution in [3.63, 3.8) is 0 Å². The molecule has 1 aromatic carbocycles. The summed E-state index contributed by atoms with van der Waals surface area (Å²) < 4.78 is 44.1. The summed E-state index contributed by atoms with van der Waals surface area (Å²) in [5, 5.41) is 13.2. The third kappa shape index (κ3) is 2.92. The Morgan fingerprint density at radius 1 is 1.24 bits per heavy atom. The van der Waals surface area contributed by atoms with Gasteiger partial charge < -0.3 is 20.5 Å². The highest BCUT2D eigenvalue weighted by atomic mass is 19.2. The van der Waals surface area contributed by atoms with Crippen LogP contribution in [0.5, 0.6) is 0 Å². The fraction of sp³-hybridized carbons (Fsp3) is 0.333. The first kappa shape index (κ1) is 15.1. The molecule has 1 aliphatic heterocycles. The summed E-state index contributed by atoms with van der Waals surface area (Å²) >= 11 is 0. The Balaban J connectivity index is 2.12. The molecule has 0 saturated carbocycles. The van der Waals surface area contributed by atoms with Crippen LogP contribution >= 0.6 is 0 Å². The second-order valence-electron chi connectivity index (χ2n) is 4.49. The van der Waals surface area contributed by atoms with E-state index in [-0.39, 0.29) is 19.6 Å². The molecule has 0 aliphatic carbocycles. The lowest BCUT2D eigenvalue weighted by molar-refractivity contribution is -0.144. The SMILES string of the molecule is O=C(Nc1ccc(F)c(F)c1F)NC1(C(=O)O)CCOC1. The van der Waals surface area contributed by atoms with Crippen molar-refractivity contribution in [3.8, 4) is 0 Å². The molecule has 1 aromatic rings. The van der Waals surface area contributed by atoms with Crippen LogP contribution in [0.3, 0.4) is 0 Å². The van der Waals surface area contributed by atoms with Crippen LogP contribution in [0, 0.1) is 17.5 Å². The van der Waals surface area contributed by atoms with Gasteiger partial charge >= 0.3 is 12.0 Å². The molecule has 6 nitrogen and oxygen atoms in total. The van der Waals surface area contributed by atoms with Crippen LogP contribution in [0.1, 0.15) is 6.42 Å². The number of amides is 2. The summed E-state index contributed by atoms with van der Waals surface area (Å²) in [6.45, 7) is -0.0951. The molecule has 9 heteroatoms. The Morgan fingerprint density at radius 3 is 2.52 bits per heavy atom. The van der Waals surface area contributed by atoms with Gasteiger partial charge in [0.25, 0.3) is 0 Å². The first-order valence-corrected chi connectivity index (χ1v) is 5.89. The van der Waals surface area contributed by atoms with Gasteiger partial charge in [-0.25, -0.2) is 22.8 Å². The molecule has 1 fully saturated rings. The minimum Gasteiger partial charge on any atom is -0.479 e. The molecule has 1 saturated heterocycles. The van der Waals surface area contributed by atoms with Gasteiger partial charge in [-0.3, -0.25) is 0 Å². The second-order valence-corrected chi connectivity index (χ2v) is 4.49. The van der Waals surface area contributed by atoms with Crippen LogP contribution in [0.4, 0.5) is 23.7 Å². The Morgan fingerprint density at radius 2 is 1.95 bits per heavy atom. The number of anilines is 1. The van der Waals surface area contributed by atoms with Crippen LogP contribution in [0.15, 0.2) is 12.1 Å². The van der Waals surface area contributed by atoms with Crippen LogP contribution in [-0.4, -0.2) is 35.9 Å². The lowest BCUT2D eigenvalue weighted by Gasteiger charge is -2.23. The van der Waals surface area contributed by atoms with E-state index in [0.29, 0.717) is 6.07 Å². The first-order valence-electron chi connectivity index (χ1n) is 5.89. The van der Waals surface area contributed by atoms with E-state index in [1.54, 1.807) is 0 Å². The largest absolute Gasteiger partial charge is 0.479 e. The number of rotatable bonds is 3. The molecule has 0 aromatic heterocycles. The average molecular weight is 304 g/mol. The van der Waals surface area contributed by atoms with Crippen molar-refractivity contribution in [1.82, 2.24) is 5.32 Å². The summed E-state index contributed by atoms with van der Waals surface area (Å²) in [5.41, 5.74) is -2.23. The number of halogens is 3. The minimum absolute atomic E-state index is 0.0377. The molecular formula is C12H11F3N2O4. The zero-order valence-electron chi connectivity index (χ0n) is 10.6. The summed E-state index contributed by atoms with van der Waals surface area (Å²) in [6.07, 6.45) is 0.0377. The number of ether oxygens (including phenoxy) is 1. The van der Waals surface area contributed by atoms with Gasteiger partial charge in [0, 0.05) is 13.0 Å². The lowest BCUT2D eigenvalue weighted by Crippen LogP contribution is -2.56. The van der Waals surface area contributed by atoms with Gasteiger partial charge in [0.2, 0.25) is 0 Å². The van der Waals surface area contributed by atoms with Crippen molar-refractivity contribution in [2.45, 2.75) is 12.0 Å². The van der Waals surface area contributed by atoms with E-state index in [0.717, 1.165) is 6.07 Å². The molecule has 0 spiro atoms. The highest BCUT2D eigenvalue weighted by Gasteiger charge is 2.44. The van der Waals surface area contributed by atoms with E-state index in [4.69, 9.17) is 9.84 Å². The standard InChI is InChI=1S/C12H11F3N2O4/c13-6-1-2-7(9(15)8(6)14)16-11(20)17-12(10(18)19)3-4-21-5-12/h1-2H,3-5H2,(H,18,19)(H2,16,17,20). The topological polar surface area (TPSA) is 87.7 Å². The second kappa shape index (κ2) is 5.60. The minimum atomic E-state index is -1.73. The molecule has 1 atom stereocenters. The maximum absolute atomic E-state index is 13.4. The van der Waals surface area contributed by atoms with Gasteiger partial charge in [-0.05, 0) is 12.1 Å². The van der Waals surface area contributed by atoms with Gasteiger partial charge in [-0.15, -0.1) is 0 Å². The quantitative estimate of drug-likeness (QED) is 0.738. The number of benzene rings is 1. The number of urea groups is 1. The zero-order valence-corrected chi connectivity index (χ0v) is 10.6. The molecule has 3 N–H and O–H groups in total. The Kier molecular flexibility index (Phi) is 4.03. The van der Waals surface area contributed by atoms with Crippen molar-refractivity contribution in [1.29, 1.82) is 0 Å². The number of carbonyl (C=O) groups is 2. The number of hydrogen-bond donors (Lipinski definition) is 3. The molecule has 1 aliphatic rings. The molecular weight excluding hydrogens is 293 g/mol. The predicted octanol–water partition coefficient (Wildman–Crippen LogP) is 1.47. The van der Waals surface area contributed by atoms with E-state index in [1.807, 2.05) is 5.32 Å². The van der Waals surface area contributed by atoms with Crippen LogP contribution in [0.25, 0.3) is 0 Å². The Labute approximate surface area is 116 Å². The normalized spacial score (nSPS) is 21.1. The zero-order chi connectivity index (χ0) is 15.6. The van der Waals surface area contributed by atoms with Gasteiger partial charge in [0.15, 0.2) is 23.0 Å². The van der Waals surface area contributed by atoms with Gasteiger partial charge in [-0.1, -0.05) is 0 Å². The highest BCUT2D eigenvalue weighted by Crippen LogP contribution is 2.21. The maximum atomic E-state index is 13.4. The predicted molar refractivity (Wildman–Crippen MR) is 64.3 cm³/mol. The molecule has 2 amide bonds. The fourth-order valence-electron chi connectivity index (χ4n) is 1.88. The number of hydrogen-bond acceptors (Lipinski definition) is 3. The van der Waals surface area contributed by atoms with E-state index in [2.05, 4.69) is 5.32 Å². The average Bonchev–Trinajstić information content (AvgIpc) is 2.89. The van der Waals surface area contributed by atoms with Gasteiger partial charge in [-0.2, -0.15) is 0 Å². The monoisotopic (exact) mass is 304 g/mol. The third-order valence-electron chi connectivity index (χ3n) is 3.07. The summed E-state index contributed by atoms with van der Waals surface area (Å²) in [4.78, 5) is 22.9. The fourth-order valence-corrected chi connectivity index (χ4v) is 1.88. The molecule has 21 heavy (non-hydrogen) atoms. The number of aliphatic carboxylic acids is 1. The van der Waals surface area contributed by atoms with Crippen molar-refractivity contribution < 1.29 is 32.6 Å². The number of nitrogens with one attached hydrogen (secondary N) is 2. The number of carboxylic acids is 1. The van der Waals surface area contributed by atoms with E-state index >= 15 is 0 Å². The van der Waals surface area contributed by atoms with E-state index < -0.39 is 40.7 Å². The lowest BCUT2D eigenvalue weighted by atomic mass is 9.99. The van der Waals surface area contributed by atoms with Crippen molar-refractivity contribution >= 4 is 17.7 Å². The molecule has 1 heterocycles. The van der Waals surface area contributed by atoms with Crippen LogP contribution < -0.4 is 10.6 Å². The van der Waals surface area contributed by atoms with Crippen LogP contribution in [0.2, 0.25) is 0 Å². The number of carboxylic acid groups (broad SMARTS) is 1. The Bertz CT molecular complexity index is 588. The molecule has 0 radical (unpaired) electrons. The van der Waals surface area contributed by atoms with E-state index in [1.165, 1.54) is 0 Å². The van der Waals surface area contributed by atoms with Gasteiger partial charge in [0.05, 0.1) is 12.3 Å². The van der Waals surface area contributed by atoms with Crippen molar-refractivity contribution in [3.05, 3.63) is 29.6 Å². The van der Waals surface area contributed by atoms with Crippen molar-refractivity contribution in [2.75, 3.05) is 18.5 Å².